The van der Waals surface area contributed by atoms with Crippen molar-refractivity contribution in [3.05, 3.63) is 40.6 Å². The van der Waals surface area contributed by atoms with Gasteiger partial charge in [-0.1, -0.05) is 30.0 Å². The Morgan fingerprint density at radius 3 is 2.36 bits per heavy atom. The molecule has 0 unspecified atom stereocenters. The van der Waals surface area contributed by atoms with Crippen molar-refractivity contribution >= 4 is 36.4 Å². The zero-order valence-electron chi connectivity index (χ0n) is 15.1. The lowest BCUT2D eigenvalue weighted by Gasteiger charge is -2.32. The second kappa shape index (κ2) is 7.44. The Hall–Kier alpha value is -1.44. The second-order valence-electron chi connectivity index (χ2n) is 6.95. The highest BCUT2D eigenvalue weighted by atomic mass is 32.2. The molecule has 134 valence electrons. The Bertz CT molecular complexity index is 699. The summed E-state index contributed by atoms with van der Waals surface area (Å²) in [5.74, 6) is -0.217. The molecule has 0 spiro atoms. The third-order valence-electron chi connectivity index (χ3n) is 4.54. The number of benzene rings is 1. The van der Waals surface area contributed by atoms with Crippen molar-refractivity contribution in [1.82, 2.24) is 0 Å². The zero-order chi connectivity index (χ0) is 18.8. The summed E-state index contributed by atoms with van der Waals surface area (Å²) in [7, 11) is -0.712. The highest BCUT2D eigenvalue weighted by Crippen LogP contribution is 2.39. The van der Waals surface area contributed by atoms with Crippen LogP contribution in [0.25, 0.3) is 6.08 Å². The van der Waals surface area contributed by atoms with Gasteiger partial charge in [-0.3, -0.25) is 9.59 Å². The number of halogens is 1. The first-order valence-electron chi connectivity index (χ1n) is 8.00. The van der Waals surface area contributed by atoms with Gasteiger partial charge < -0.3 is 9.31 Å². The molecule has 0 saturated carbocycles. The lowest BCUT2D eigenvalue weighted by Crippen LogP contribution is -2.41. The standard InChI is InChI=1S/C18H22BFO4S/c1-12(22)25-11-14(19-23-17(2,3)18(4,5)24-19)9-15-13(10-21)7-6-8-16(15)20/h6-10H,11H2,1-5H3. The van der Waals surface area contributed by atoms with Crippen LogP contribution in [0.15, 0.2) is 23.7 Å². The van der Waals surface area contributed by atoms with Crippen molar-refractivity contribution in [3.63, 3.8) is 0 Å². The topological polar surface area (TPSA) is 52.6 Å². The molecule has 0 aliphatic carbocycles. The largest absolute Gasteiger partial charge is 0.491 e. The minimum absolute atomic E-state index is 0.0634. The molecule has 1 saturated heterocycles. The number of carbonyl (C=O) groups is 2. The maximum absolute atomic E-state index is 14.2. The molecule has 0 aromatic heterocycles. The molecular weight excluding hydrogens is 342 g/mol. The first kappa shape index (κ1) is 19.9. The SMILES string of the molecule is CC(=O)SCC(=Cc1c(F)cccc1C=O)B1OC(C)(C)C(C)(C)O1. The van der Waals surface area contributed by atoms with Crippen LogP contribution in [-0.2, 0) is 14.1 Å². The molecule has 7 heteroatoms. The van der Waals surface area contributed by atoms with Crippen LogP contribution in [0.5, 0.6) is 0 Å². The molecule has 1 aromatic rings. The van der Waals surface area contributed by atoms with E-state index in [-0.39, 0.29) is 16.2 Å². The van der Waals surface area contributed by atoms with Crippen LogP contribution in [0.2, 0.25) is 0 Å². The van der Waals surface area contributed by atoms with Gasteiger partial charge in [0.1, 0.15) is 5.82 Å². The smallest absolute Gasteiger partial charge is 0.400 e. The predicted molar refractivity (Wildman–Crippen MR) is 99.0 cm³/mol. The Kier molecular flexibility index (Phi) is 5.91. The Morgan fingerprint density at radius 1 is 1.24 bits per heavy atom. The minimum Gasteiger partial charge on any atom is -0.400 e. The fraction of sp³-hybridized carbons (Fsp3) is 0.444. The van der Waals surface area contributed by atoms with E-state index in [9.17, 15) is 14.0 Å². The molecule has 0 radical (unpaired) electrons. The van der Waals surface area contributed by atoms with E-state index in [2.05, 4.69) is 0 Å². The number of hydrogen-bond donors (Lipinski definition) is 0. The first-order valence-corrected chi connectivity index (χ1v) is 8.99. The summed E-state index contributed by atoms with van der Waals surface area (Å²) in [5.41, 5.74) is -0.0963. The molecule has 1 fully saturated rings. The Balaban J connectivity index is 2.44. The summed E-state index contributed by atoms with van der Waals surface area (Å²) < 4.78 is 26.3. The highest BCUT2D eigenvalue weighted by molar-refractivity contribution is 8.13. The van der Waals surface area contributed by atoms with Gasteiger partial charge in [0.15, 0.2) is 11.4 Å². The molecule has 1 aliphatic heterocycles. The van der Waals surface area contributed by atoms with E-state index in [1.54, 1.807) is 12.1 Å². The van der Waals surface area contributed by atoms with Crippen LogP contribution in [-0.4, -0.2) is 35.5 Å². The van der Waals surface area contributed by atoms with Crippen LogP contribution >= 0.6 is 11.8 Å². The fourth-order valence-electron chi connectivity index (χ4n) is 2.35. The fourth-order valence-corrected chi connectivity index (χ4v) is 2.94. The van der Waals surface area contributed by atoms with E-state index in [0.717, 1.165) is 11.8 Å². The lowest BCUT2D eigenvalue weighted by molar-refractivity contribution is -0.109. The van der Waals surface area contributed by atoms with Crippen molar-refractivity contribution in [2.24, 2.45) is 0 Å². The van der Waals surface area contributed by atoms with E-state index < -0.39 is 24.1 Å². The van der Waals surface area contributed by atoms with Gasteiger partial charge >= 0.3 is 7.12 Å². The van der Waals surface area contributed by atoms with Crippen LogP contribution in [0.3, 0.4) is 0 Å². The summed E-state index contributed by atoms with van der Waals surface area (Å²) in [6.45, 7) is 9.14. The molecule has 1 aliphatic rings. The average Bonchev–Trinajstić information content (AvgIpc) is 2.72. The van der Waals surface area contributed by atoms with Crippen molar-refractivity contribution in [2.75, 3.05) is 5.75 Å². The first-order chi connectivity index (χ1) is 11.6. The van der Waals surface area contributed by atoms with E-state index in [0.29, 0.717) is 17.5 Å². The monoisotopic (exact) mass is 364 g/mol. The summed E-state index contributed by atoms with van der Waals surface area (Å²) in [6, 6.07) is 4.32. The lowest BCUT2D eigenvalue weighted by atomic mass is 9.78. The van der Waals surface area contributed by atoms with Crippen molar-refractivity contribution in [2.45, 2.75) is 45.8 Å². The maximum atomic E-state index is 14.2. The number of aldehydes is 1. The molecular formula is C18H22BFO4S. The van der Waals surface area contributed by atoms with Crippen LogP contribution < -0.4 is 0 Å². The average molecular weight is 364 g/mol. The van der Waals surface area contributed by atoms with E-state index in [1.165, 1.54) is 19.1 Å². The normalized spacial score (nSPS) is 19.1. The van der Waals surface area contributed by atoms with Gasteiger partial charge in [0, 0.05) is 23.8 Å². The summed E-state index contributed by atoms with van der Waals surface area (Å²) >= 11 is 1.09. The zero-order valence-corrected chi connectivity index (χ0v) is 15.9. The van der Waals surface area contributed by atoms with Gasteiger partial charge in [0.2, 0.25) is 0 Å². The molecule has 0 amide bonds. The second-order valence-corrected chi connectivity index (χ2v) is 8.10. The van der Waals surface area contributed by atoms with Gasteiger partial charge in [0.05, 0.1) is 11.2 Å². The molecule has 0 atom stereocenters. The molecule has 2 rings (SSSR count). The molecule has 0 N–H and O–H groups in total. The van der Waals surface area contributed by atoms with Crippen LogP contribution in [0.4, 0.5) is 4.39 Å². The molecule has 0 bridgehead atoms. The molecule has 4 nitrogen and oxygen atoms in total. The third-order valence-corrected chi connectivity index (χ3v) is 5.43. The van der Waals surface area contributed by atoms with Crippen LogP contribution in [0, 0.1) is 5.82 Å². The summed E-state index contributed by atoms with van der Waals surface area (Å²) in [5, 5.41) is -0.0634. The Labute approximate surface area is 152 Å². The van der Waals surface area contributed by atoms with E-state index in [4.69, 9.17) is 9.31 Å². The van der Waals surface area contributed by atoms with Crippen LogP contribution in [0.1, 0.15) is 50.5 Å². The predicted octanol–water partition coefficient (Wildman–Crippen LogP) is 3.93. The summed E-state index contributed by atoms with van der Waals surface area (Å²) in [6.07, 6.45) is 2.16. The van der Waals surface area contributed by atoms with Crippen molar-refractivity contribution in [3.8, 4) is 0 Å². The summed E-state index contributed by atoms with van der Waals surface area (Å²) in [4.78, 5) is 22.6. The highest BCUT2D eigenvalue weighted by Gasteiger charge is 2.52. The van der Waals surface area contributed by atoms with Gasteiger partial charge in [-0.2, -0.15) is 0 Å². The maximum Gasteiger partial charge on any atom is 0.491 e. The third kappa shape index (κ3) is 4.40. The van der Waals surface area contributed by atoms with Gasteiger partial charge in [-0.25, -0.2) is 4.39 Å². The number of thioether (sulfide) groups is 1. The molecule has 1 aromatic carbocycles. The number of hydrogen-bond acceptors (Lipinski definition) is 5. The van der Waals surface area contributed by atoms with Gasteiger partial charge in [-0.05, 0) is 39.2 Å². The molecule has 1 heterocycles. The molecule has 25 heavy (non-hydrogen) atoms. The van der Waals surface area contributed by atoms with Crippen molar-refractivity contribution < 1.29 is 23.3 Å². The minimum atomic E-state index is -0.712. The number of carbonyl (C=O) groups excluding carboxylic acids is 2. The van der Waals surface area contributed by atoms with Gasteiger partial charge in [-0.15, -0.1) is 0 Å². The Morgan fingerprint density at radius 2 is 1.84 bits per heavy atom. The number of rotatable bonds is 5. The van der Waals surface area contributed by atoms with E-state index >= 15 is 0 Å². The van der Waals surface area contributed by atoms with Crippen molar-refractivity contribution in [1.29, 1.82) is 0 Å². The quantitative estimate of drug-likeness (QED) is 0.585. The van der Waals surface area contributed by atoms with Gasteiger partial charge in [0.25, 0.3) is 0 Å². The van der Waals surface area contributed by atoms with E-state index in [1.807, 2.05) is 27.7 Å².